The van der Waals surface area contributed by atoms with Crippen LogP contribution in [0.4, 0.5) is 0 Å². The summed E-state index contributed by atoms with van der Waals surface area (Å²) in [6, 6.07) is -0.450. The van der Waals surface area contributed by atoms with E-state index in [4.69, 9.17) is 5.11 Å². The number of amides is 1. The Morgan fingerprint density at radius 2 is 2.19 bits per heavy atom. The maximum absolute atomic E-state index is 12.4. The number of nitrogens with zero attached hydrogens (tertiary/aromatic N) is 2. The number of hydrogen-bond donors (Lipinski definition) is 3. The highest BCUT2D eigenvalue weighted by molar-refractivity contribution is 7.89. The summed E-state index contributed by atoms with van der Waals surface area (Å²) in [6.07, 6.45) is 0.627. The molecule has 1 amide bonds. The number of aromatic carboxylic acids is 1. The van der Waals surface area contributed by atoms with Crippen molar-refractivity contribution >= 4 is 21.9 Å². The summed E-state index contributed by atoms with van der Waals surface area (Å²) in [5.41, 5.74) is -0.389. The van der Waals surface area contributed by atoms with Crippen LogP contribution in [0.15, 0.2) is 4.90 Å². The van der Waals surface area contributed by atoms with Crippen molar-refractivity contribution in [1.82, 2.24) is 19.8 Å². The molecular formula is C11H16N4O5S. The third-order valence-electron chi connectivity index (χ3n) is 3.31. The minimum atomic E-state index is -4.03. The molecule has 10 heteroatoms. The van der Waals surface area contributed by atoms with Crippen LogP contribution in [0.2, 0.25) is 0 Å². The van der Waals surface area contributed by atoms with Gasteiger partial charge in [0.1, 0.15) is 4.90 Å². The molecule has 3 N–H and O–H groups in total. The van der Waals surface area contributed by atoms with E-state index in [0.717, 1.165) is 0 Å². The van der Waals surface area contributed by atoms with Crippen LogP contribution in [-0.4, -0.2) is 60.1 Å². The zero-order valence-electron chi connectivity index (χ0n) is 11.6. The quantitative estimate of drug-likeness (QED) is 0.674. The van der Waals surface area contributed by atoms with E-state index in [2.05, 4.69) is 14.9 Å². The molecule has 0 radical (unpaired) electrons. The van der Waals surface area contributed by atoms with E-state index in [9.17, 15) is 18.0 Å². The van der Waals surface area contributed by atoms with E-state index in [1.165, 1.54) is 11.8 Å². The molecule has 9 nitrogen and oxygen atoms in total. The second-order valence-corrected chi connectivity index (χ2v) is 6.61. The van der Waals surface area contributed by atoms with Gasteiger partial charge in [0.15, 0.2) is 5.69 Å². The molecular weight excluding hydrogens is 300 g/mol. The maximum atomic E-state index is 12.4. The van der Waals surface area contributed by atoms with Crippen molar-refractivity contribution in [3.63, 3.8) is 0 Å². The van der Waals surface area contributed by atoms with Crippen molar-refractivity contribution < 1.29 is 23.1 Å². The summed E-state index contributed by atoms with van der Waals surface area (Å²) < 4.78 is 27.2. The van der Waals surface area contributed by atoms with E-state index in [0.29, 0.717) is 6.42 Å². The number of likely N-dealkylation sites (tertiary alicyclic amines) is 1. The number of piperidine rings is 1. The second kappa shape index (κ2) is 5.45. The summed E-state index contributed by atoms with van der Waals surface area (Å²) in [7, 11) is -2.43. The number of likely N-dealkylation sites (N-methyl/N-ethyl adjacent to an activating group) is 1. The first-order valence-corrected chi connectivity index (χ1v) is 7.75. The SMILES string of the molecule is Cc1[nH]nc(C(=O)O)c1S(=O)(=O)NC1CCC(=O)N(C)C1. The molecule has 1 aromatic rings. The van der Waals surface area contributed by atoms with Crippen LogP contribution in [0.1, 0.15) is 29.0 Å². The van der Waals surface area contributed by atoms with Gasteiger partial charge in [-0.3, -0.25) is 9.89 Å². The first-order valence-electron chi connectivity index (χ1n) is 6.27. The summed E-state index contributed by atoms with van der Waals surface area (Å²) >= 11 is 0. The summed E-state index contributed by atoms with van der Waals surface area (Å²) in [5, 5.41) is 14.9. The lowest BCUT2D eigenvalue weighted by Gasteiger charge is -2.29. The van der Waals surface area contributed by atoms with Crippen LogP contribution >= 0.6 is 0 Å². The van der Waals surface area contributed by atoms with E-state index >= 15 is 0 Å². The van der Waals surface area contributed by atoms with Crippen LogP contribution in [-0.2, 0) is 14.8 Å². The molecule has 21 heavy (non-hydrogen) atoms. The van der Waals surface area contributed by atoms with E-state index in [-0.39, 0.29) is 29.5 Å². The number of hydrogen-bond acceptors (Lipinski definition) is 5. The number of sulfonamides is 1. The molecule has 1 aliphatic rings. The first kappa shape index (κ1) is 15.4. The monoisotopic (exact) mass is 316 g/mol. The fourth-order valence-electron chi connectivity index (χ4n) is 2.28. The predicted octanol–water partition coefficient (Wildman–Crippen LogP) is -0.685. The van der Waals surface area contributed by atoms with Gasteiger partial charge in [-0.1, -0.05) is 0 Å². The molecule has 0 aromatic carbocycles. The van der Waals surface area contributed by atoms with Gasteiger partial charge in [-0.05, 0) is 13.3 Å². The van der Waals surface area contributed by atoms with Gasteiger partial charge in [-0.25, -0.2) is 17.9 Å². The fraction of sp³-hybridized carbons (Fsp3) is 0.545. The number of carboxylic acid groups (broad SMARTS) is 1. The van der Waals surface area contributed by atoms with Crippen LogP contribution in [0.5, 0.6) is 0 Å². The number of H-pyrrole nitrogens is 1. The van der Waals surface area contributed by atoms with E-state index < -0.39 is 27.7 Å². The Hall–Kier alpha value is -1.94. The molecule has 0 saturated carbocycles. The smallest absolute Gasteiger partial charge is 0.357 e. The summed E-state index contributed by atoms with van der Waals surface area (Å²) in [4.78, 5) is 23.5. The van der Waals surface area contributed by atoms with Gasteiger partial charge >= 0.3 is 5.97 Å². The van der Waals surface area contributed by atoms with Crippen molar-refractivity contribution in [2.45, 2.75) is 30.7 Å². The Morgan fingerprint density at radius 3 is 2.76 bits per heavy atom. The minimum Gasteiger partial charge on any atom is -0.476 e. The third kappa shape index (κ3) is 3.05. The van der Waals surface area contributed by atoms with Crippen LogP contribution in [0, 0.1) is 6.92 Å². The molecule has 0 aliphatic carbocycles. The molecule has 1 saturated heterocycles. The molecule has 1 aliphatic heterocycles. The number of carboxylic acids is 1. The Balaban J connectivity index is 2.25. The van der Waals surface area contributed by atoms with Gasteiger partial charge < -0.3 is 10.0 Å². The molecule has 1 aromatic heterocycles. The van der Waals surface area contributed by atoms with Gasteiger partial charge in [0, 0.05) is 26.1 Å². The lowest BCUT2D eigenvalue weighted by atomic mass is 10.1. The lowest BCUT2D eigenvalue weighted by molar-refractivity contribution is -0.132. The number of carbonyl (C=O) groups is 2. The Morgan fingerprint density at radius 1 is 1.52 bits per heavy atom. The Bertz CT molecular complexity index is 681. The Kier molecular flexibility index (Phi) is 4.01. The zero-order chi connectivity index (χ0) is 15.8. The van der Waals surface area contributed by atoms with Crippen LogP contribution in [0.25, 0.3) is 0 Å². The average molecular weight is 316 g/mol. The molecule has 0 bridgehead atoms. The zero-order valence-corrected chi connectivity index (χ0v) is 12.4. The van der Waals surface area contributed by atoms with Crippen molar-refractivity contribution in [2.75, 3.05) is 13.6 Å². The summed E-state index contributed by atoms with van der Waals surface area (Å²) in [5.74, 6) is -1.47. The third-order valence-corrected chi connectivity index (χ3v) is 4.99. The summed E-state index contributed by atoms with van der Waals surface area (Å²) in [6.45, 7) is 1.68. The standard InChI is InChI=1S/C11H16N4O5S/c1-6-10(9(11(17)18)13-12-6)21(19,20)14-7-3-4-8(16)15(2)5-7/h7,14H,3-5H2,1-2H3,(H,12,13)(H,17,18). The molecule has 1 fully saturated rings. The van der Waals surface area contributed by atoms with Gasteiger partial charge in [0.2, 0.25) is 15.9 Å². The van der Waals surface area contributed by atoms with Gasteiger partial charge in [0.25, 0.3) is 0 Å². The van der Waals surface area contributed by atoms with Gasteiger partial charge in [-0.15, -0.1) is 0 Å². The predicted molar refractivity (Wildman–Crippen MR) is 71.3 cm³/mol. The van der Waals surface area contributed by atoms with Gasteiger partial charge in [0.05, 0.1) is 5.69 Å². The minimum absolute atomic E-state index is 0.0452. The van der Waals surface area contributed by atoms with Crippen molar-refractivity contribution in [3.05, 3.63) is 11.4 Å². The van der Waals surface area contributed by atoms with Crippen LogP contribution in [0.3, 0.4) is 0 Å². The molecule has 2 rings (SSSR count). The highest BCUT2D eigenvalue weighted by Gasteiger charge is 2.32. The van der Waals surface area contributed by atoms with Crippen molar-refractivity contribution in [3.8, 4) is 0 Å². The topological polar surface area (TPSA) is 132 Å². The second-order valence-electron chi connectivity index (χ2n) is 4.96. The lowest BCUT2D eigenvalue weighted by Crippen LogP contribution is -2.48. The molecule has 1 atom stereocenters. The Labute approximate surface area is 121 Å². The number of nitrogens with one attached hydrogen (secondary N) is 2. The molecule has 2 heterocycles. The van der Waals surface area contributed by atoms with Gasteiger partial charge in [-0.2, -0.15) is 5.10 Å². The number of rotatable bonds is 4. The number of aryl methyl sites for hydroxylation is 1. The molecule has 0 spiro atoms. The van der Waals surface area contributed by atoms with Crippen molar-refractivity contribution in [1.29, 1.82) is 0 Å². The molecule has 1 unspecified atom stereocenters. The highest BCUT2D eigenvalue weighted by atomic mass is 32.2. The van der Waals surface area contributed by atoms with Crippen molar-refractivity contribution in [2.24, 2.45) is 0 Å². The highest BCUT2D eigenvalue weighted by Crippen LogP contribution is 2.19. The van der Waals surface area contributed by atoms with E-state index in [1.807, 2.05) is 0 Å². The van der Waals surface area contributed by atoms with E-state index in [1.54, 1.807) is 7.05 Å². The fourth-order valence-corrected chi connectivity index (χ4v) is 3.86. The maximum Gasteiger partial charge on any atom is 0.357 e. The number of aromatic nitrogens is 2. The number of aromatic amines is 1. The average Bonchev–Trinajstić information content (AvgIpc) is 2.76. The largest absolute Gasteiger partial charge is 0.476 e. The molecule has 116 valence electrons. The first-order chi connectivity index (χ1) is 9.72. The number of carbonyl (C=O) groups excluding carboxylic acids is 1. The van der Waals surface area contributed by atoms with Crippen LogP contribution < -0.4 is 4.72 Å². The normalized spacial score (nSPS) is 19.8.